The third kappa shape index (κ3) is 4.51. The van der Waals surface area contributed by atoms with E-state index >= 15 is 0 Å². The summed E-state index contributed by atoms with van der Waals surface area (Å²) in [6, 6.07) is 6.03. The quantitative estimate of drug-likeness (QED) is 0.871. The van der Waals surface area contributed by atoms with E-state index in [1.807, 2.05) is 18.2 Å². The van der Waals surface area contributed by atoms with E-state index in [-0.39, 0.29) is 5.91 Å². The van der Waals surface area contributed by atoms with Gasteiger partial charge in [0.1, 0.15) is 0 Å². The van der Waals surface area contributed by atoms with Crippen molar-refractivity contribution < 1.29 is 4.79 Å². The lowest BCUT2D eigenvalue weighted by molar-refractivity contribution is -0.127. The molecule has 2 N–H and O–H groups in total. The molecule has 0 bridgehead atoms. The van der Waals surface area contributed by atoms with Crippen molar-refractivity contribution in [3.05, 3.63) is 28.2 Å². The number of carbonyl (C=O) groups excluding carboxylic acids is 1. The second-order valence-electron chi connectivity index (χ2n) is 4.70. The molecule has 0 spiro atoms. The molecule has 0 atom stereocenters. The van der Waals surface area contributed by atoms with Gasteiger partial charge in [-0.15, -0.1) is 0 Å². The van der Waals surface area contributed by atoms with Crippen LogP contribution in [-0.4, -0.2) is 38.0 Å². The zero-order chi connectivity index (χ0) is 14.4. The van der Waals surface area contributed by atoms with Gasteiger partial charge in [0, 0.05) is 31.7 Å². The van der Waals surface area contributed by atoms with Gasteiger partial charge in [-0.25, -0.2) is 0 Å². The molecule has 1 amide bonds. The predicted octanol–water partition coefficient (Wildman–Crippen LogP) is 2.21. The first-order valence-corrected chi connectivity index (χ1v) is 7.22. The number of nitrogens with zero attached hydrogens (tertiary/aromatic N) is 2. The molecule has 1 rings (SSSR count). The number of hydrogen-bond acceptors (Lipinski definition) is 3. The van der Waals surface area contributed by atoms with Gasteiger partial charge < -0.3 is 15.5 Å². The van der Waals surface area contributed by atoms with Crippen molar-refractivity contribution in [1.82, 2.24) is 4.90 Å². The van der Waals surface area contributed by atoms with Crippen LogP contribution in [-0.2, 0) is 11.3 Å². The molecule has 0 aromatic heterocycles. The SMILES string of the molecule is CCCN(CC(=O)N(C)C)c1ccc(CN)cc1Br. The summed E-state index contributed by atoms with van der Waals surface area (Å²) < 4.78 is 0.982. The topological polar surface area (TPSA) is 49.6 Å². The Morgan fingerprint density at radius 3 is 2.53 bits per heavy atom. The van der Waals surface area contributed by atoms with Gasteiger partial charge in [-0.2, -0.15) is 0 Å². The Hall–Kier alpha value is -1.07. The Morgan fingerprint density at radius 1 is 1.37 bits per heavy atom. The monoisotopic (exact) mass is 327 g/mol. The summed E-state index contributed by atoms with van der Waals surface area (Å²) in [4.78, 5) is 15.6. The number of amides is 1. The molecule has 4 nitrogen and oxygen atoms in total. The number of hydrogen-bond donors (Lipinski definition) is 1. The average molecular weight is 328 g/mol. The number of anilines is 1. The van der Waals surface area contributed by atoms with Crippen molar-refractivity contribution in [1.29, 1.82) is 0 Å². The minimum atomic E-state index is 0.100. The van der Waals surface area contributed by atoms with Crippen LogP contribution in [0.25, 0.3) is 0 Å². The summed E-state index contributed by atoms with van der Waals surface area (Å²) in [5.41, 5.74) is 7.74. The van der Waals surface area contributed by atoms with E-state index in [0.717, 1.165) is 28.7 Å². The number of benzene rings is 1. The molecule has 0 saturated heterocycles. The lowest BCUT2D eigenvalue weighted by atomic mass is 10.2. The van der Waals surface area contributed by atoms with Gasteiger partial charge >= 0.3 is 0 Å². The van der Waals surface area contributed by atoms with Crippen LogP contribution < -0.4 is 10.6 Å². The Kier molecular flexibility index (Phi) is 6.31. The molecule has 5 heteroatoms. The van der Waals surface area contributed by atoms with Crippen molar-refractivity contribution in [2.45, 2.75) is 19.9 Å². The van der Waals surface area contributed by atoms with Crippen LogP contribution in [0.15, 0.2) is 22.7 Å². The van der Waals surface area contributed by atoms with Crippen molar-refractivity contribution in [3.63, 3.8) is 0 Å². The first kappa shape index (κ1) is 16.0. The van der Waals surface area contributed by atoms with Crippen LogP contribution in [0.1, 0.15) is 18.9 Å². The normalized spacial score (nSPS) is 10.4. The molecule has 1 aromatic carbocycles. The molecular formula is C14H22BrN3O. The van der Waals surface area contributed by atoms with Gasteiger partial charge in [-0.3, -0.25) is 4.79 Å². The Labute approximate surface area is 123 Å². The van der Waals surface area contributed by atoms with Gasteiger partial charge in [-0.1, -0.05) is 13.0 Å². The molecule has 0 aliphatic rings. The van der Waals surface area contributed by atoms with Crippen molar-refractivity contribution in [3.8, 4) is 0 Å². The van der Waals surface area contributed by atoms with Crippen LogP contribution in [0.4, 0.5) is 5.69 Å². The number of nitrogens with two attached hydrogens (primary N) is 1. The van der Waals surface area contributed by atoms with Crippen molar-refractivity contribution >= 4 is 27.5 Å². The highest BCUT2D eigenvalue weighted by atomic mass is 79.9. The summed E-state index contributed by atoms with van der Waals surface area (Å²) in [7, 11) is 3.55. The fraction of sp³-hybridized carbons (Fsp3) is 0.500. The number of halogens is 1. The van der Waals surface area contributed by atoms with E-state index in [9.17, 15) is 4.79 Å². The summed E-state index contributed by atoms with van der Waals surface area (Å²) in [6.07, 6.45) is 0.992. The standard InChI is InChI=1S/C14H22BrN3O/c1-4-7-18(10-14(19)17(2)3)13-6-5-11(9-16)8-12(13)15/h5-6,8H,4,7,9-10,16H2,1-3H3. The van der Waals surface area contributed by atoms with Crippen LogP contribution in [0, 0.1) is 0 Å². The van der Waals surface area contributed by atoms with E-state index in [0.29, 0.717) is 13.1 Å². The van der Waals surface area contributed by atoms with E-state index in [4.69, 9.17) is 5.73 Å². The van der Waals surface area contributed by atoms with Gasteiger partial charge in [0.25, 0.3) is 0 Å². The molecule has 19 heavy (non-hydrogen) atoms. The average Bonchev–Trinajstić information content (AvgIpc) is 2.37. The molecule has 0 saturated carbocycles. The highest BCUT2D eigenvalue weighted by molar-refractivity contribution is 9.10. The molecule has 0 aliphatic carbocycles. The first-order chi connectivity index (χ1) is 8.99. The Morgan fingerprint density at radius 2 is 2.05 bits per heavy atom. The summed E-state index contributed by atoms with van der Waals surface area (Å²) in [6.45, 7) is 3.86. The molecule has 0 radical (unpaired) electrons. The fourth-order valence-corrected chi connectivity index (χ4v) is 2.47. The van der Waals surface area contributed by atoms with E-state index in [2.05, 4.69) is 27.8 Å². The zero-order valence-electron chi connectivity index (χ0n) is 11.8. The molecule has 0 unspecified atom stereocenters. The van der Waals surface area contributed by atoms with E-state index in [1.54, 1.807) is 19.0 Å². The van der Waals surface area contributed by atoms with Crippen molar-refractivity contribution in [2.24, 2.45) is 5.73 Å². The lowest BCUT2D eigenvalue weighted by Crippen LogP contribution is -2.37. The van der Waals surface area contributed by atoms with Gasteiger partial charge in [-0.05, 0) is 40.0 Å². The van der Waals surface area contributed by atoms with E-state index in [1.165, 1.54) is 0 Å². The van der Waals surface area contributed by atoms with Crippen molar-refractivity contribution in [2.75, 3.05) is 32.1 Å². The third-order valence-electron chi connectivity index (χ3n) is 2.91. The third-order valence-corrected chi connectivity index (χ3v) is 3.54. The maximum atomic E-state index is 11.9. The van der Waals surface area contributed by atoms with Crippen LogP contribution in [0.3, 0.4) is 0 Å². The number of carbonyl (C=O) groups is 1. The summed E-state index contributed by atoms with van der Waals surface area (Å²) in [5.74, 6) is 0.100. The molecule has 0 aliphatic heterocycles. The second-order valence-corrected chi connectivity index (χ2v) is 5.55. The summed E-state index contributed by atoms with van der Waals surface area (Å²) in [5, 5.41) is 0. The number of rotatable bonds is 6. The van der Waals surface area contributed by atoms with Crippen LogP contribution >= 0.6 is 15.9 Å². The molecule has 0 fully saturated rings. The predicted molar refractivity (Wildman–Crippen MR) is 83.2 cm³/mol. The smallest absolute Gasteiger partial charge is 0.241 e. The maximum absolute atomic E-state index is 11.9. The van der Waals surface area contributed by atoms with Crippen LogP contribution in [0.2, 0.25) is 0 Å². The maximum Gasteiger partial charge on any atom is 0.241 e. The summed E-state index contributed by atoms with van der Waals surface area (Å²) >= 11 is 3.56. The highest BCUT2D eigenvalue weighted by Gasteiger charge is 2.14. The number of likely N-dealkylation sites (N-methyl/N-ethyl adjacent to an activating group) is 1. The Bertz CT molecular complexity index is 435. The largest absolute Gasteiger partial charge is 0.361 e. The van der Waals surface area contributed by atoms with E-state index < -0.39 is 0 Å². The first-order valence-electron chi connectivity index (χ1n) is 6.43. The lowest BCUT2D eigenvalue weighted by Gasteiger charge is -2.26. The fourth-order valence-electron chi connectivity index (χ4n) is 1.79. The minimum absolute atomic E-state index is 0.100. The molecule has 0 heterocycles. The van der Waals surface area contributed by atoms with Gasteiger partial charge in [0.15, 0.2) is 0 Å². The van der Waals surface area contributed by atoms with Gasteiger partial charge in [0.2, 0.25) is 5.91 Å². The minimum Gasteiger partial charge on any atom is -0.361 e. The molecule has 1 aromatic rings. The molecular weight excluding hydrogens is 306 g/mol. The molecule has 106 valence electrons. The zero-order valence-corrected chi connectivity index (χ0v) is 13.4. The highest BCUT2D eigenvalue weighted by Crippen LogP contribution is 2.27. The second kappa shape index (κ2) is 7.50. The Balaban J connectivity index is 2.95. The van der Waals surface area contributed by atoms with Crippen LogP contribution in [0.5, 0.6) is 0 Å². The van der Waals surface area contributed by atoms with Gasteiger partial charge in [0.05, 0.1) is 12.2 Å².